The Balaban J connectivity index is 1.08. The van der Waals surface area contributed by atoms with Gasteiger partial charge in [-0.05, 0) is 71.7 Å². The summed E-state index contributed by atoms with van der Waals surface area (Å²) < 4.78 is 14.5. The van der Waals surface area contributed by atoms with Crippen molar-refractivity contribution >= 4 is 38.1 Å². The van der Waals surface area contributed by atoms with Gasteiger partial charge in [-0.15, -0.1) is 0 Å². The summed E-state index contributed by atoms with van der Waals surface area (Å²) in [5, 5.41) is 0. The lowest BCUT2D eigenvalue weighted by Gasteiger charge is -2.31. The highest BCUT2D eigenvalue weighted by Crippen LogP contribution is 2.32. The SMILES string of the molecule is Fc1ccc2nc(C3CCN(Cc4ccc(-c5nc6ncc(Br)cc6nc5-c5ccccc5)cc4)CC3)[nH]c2c1. The van der Waals surface area contributed by atoms with Crippen LogP contribution in [0.5, 0.6) is 0 Å². The quantitative estimate of drug-likeness (QED) is 0.224. The lowest BCUT2D eigenvalue weighted by Crippen LogP contribution is -2.32. The first-order chi connectivity index (χ1) is 19.6. The Hall–Kier alpha value is -4.01. The van der Waals surface area contributed by atoms with E-state index in [2.05, 4.69) is 67.2 Å². The lowest BCUT2D eigenvalue weighted by molar-refractivity contribution is 0.202. The zero-order chi connectivity index (χ0) is 27.1. The van der Waals surface area contributed by atoms with Gasteiger partial charge in [0.15, 0.2) is 5.65 Å². The van der Waals surface area contributed by atoms with Gasteiger partial charge in [0.2, 0.25) is 0 Å². The van der Waals surface area contributed by atoms with Crippen LogP contribution in [0.25, 0.3) is 44.7 Å². The lowest BCUT2D eigenvalue weighted by atomic mass is 9.95. The summed E-state index contributed by atoms with van der Waals surface area (Å²) in [4.78, 5) is 24.9. The molecule has 0 amide bonds. The minimum Gasteiger partial charge on any atom is -0.342 e. The van der Waals surface area contributed by atoms with Crippen LogP contribution in [0.2, 0.25) is 0 Å². The number of imidazole rings is 1. The second-order valence-electron chi connectivity index (χ2n) is 10.3. The van der Waals surface area contributed by atoms with Gasteiger partial charge < -0.3 is 4.98 Å². The minimum absolute atomic E-state index is 0.239. The van der Waals surface area contributed by atoms with Crippen molar-refractivity contribution in [2.24, 2.45) is 0 Å². The van der Waals surface area contributed by atoms with Crippen molar-refractivity contribution in [3.05, 3.63) is 107 Å². The minimum atomic E-state index is -0.239. The summed E-state index contributed by atoms with van der Waals surface area (Å²) in [6.45, 7) is 2.88. The largest absolute Gasteiger partial charge is 0.342 e. The number of halogens is 2. The van der Waals surface area contributed by atoms with Gasteiger partial charge in [0.1, 0.15) is 17.2 Å². The topological polar surface area (TPSA) is 70.6 Å². The van der Waals surface area contributed by atoms with Crippen LogP contribution in [0.15, 0.2) is 89.5 Å². The van der Waals surface area contributed by atoms with Crippen LogP contribution in [0.4, 0.5) is 4.39 Å². The summed E-state index contributed by atoms with van der Waals surface area (Å²) >= 11 is 3.50. The van der Waals surface area contributed by atoms with Crippen molar-refractivity contribution in [2.75, 3.05) is 13.1 Å². The first kappa shape index (κ1) is 25.0. The van der Waals surface area contributed by atoms with Gasteiger partial charge in [0.05, 0.1) is 22.4 Å². The molecule has 0 unspecified atom stereocenters. The van der Waals surface area contributed by atoms with Gasteiger partial charge in [0.25, 0.3) is 0 Å². The molecule has 40 heavy (non-hydrogen) atoms. The van der Waals surface area contributed by atoms with Gasteiger partial charge >= 0.3 is 0 Å². The molecular weight excluding hydrogens is 567 g/mol. The fraction of sp³-hybridized carbons (Fsp3) is 0.188. The monoisotopic (exact) mass is 592 g/mol. The predicted molar refractivity (Wildman–Crippen MR) is 159 cm³/mol. The first-order valence-electron chi connectivity index (χ1n) is 13.4. The Morgan fingerprint density at radius 3 is 2.38 bits per heavy atom. The van der Waals surface area contributed by atoms with E-state index in [1.807, 2.05) is 24.3 Å². The number of benzene rings is 3. The summed E-state index contributed by atoms with van der Waals surface area (Å²) in [6.07, 6.45) is 3.80. The van der Waals surface area contributed by atoms with Crippen molar-refractivity contribution in [1.82, 2.24) is 29.8 Å². The molecular formula is C32H26BrFN6. The molecule has 1 aliphatic rings. The standard InChI is InChI=1S/C32H26BrFN6/c33-24-16-28-32(35-18-24)39-30(29(36-28)21-4-2-1-3-5-21)22-8-6-20(7-9-22)19-40-14-12-23(13-15-40)31-37-26-11-10-25(34)17-27(26)38-31/h1-11,16-18,23H,12-15,19H2,(H,37,38). The summed E-state index contributed by atoms with van der Waals surface area (Å²) in [7, 11) is 0. The van der Waals surface area contributed by atoms with E-state index in [1.54, 1.807) is 12.3 Å². The average molecular weight is 594 g/mol. The molecule has 3 aromatic carbocycles. The maximum atomic E-state index is 13.6. The smallest absolute Gasteiger partial charge is 0.178 e. The Labute approximate surface area is 239 Å². The Morgan fingerprint density at radius 1 is 0.825 bits per heavy atom. The van der Waals surface area contributed by atoms with Crippen molar-refractivity contribution < 1.29 is 4.39 Å². The number of fused-ring (bicyclic) bond motifs is 2. The van der Waals surface area contributed by atoms with Crippen molar-refractivity contribution in [2.45, 2.75) is 25.3 Å². The summed E-state index contributed by atoms with van der Waals surface area (Å²) in [5.41, 5.74) is 7.95. The molecule has 6 nitrogen and oxygen atoms in total. The summed E-state index contributed by atoms with van der Waals surface area (Å²) in [6, 6.07) is 25.5. The van der Waals surface area contributed by atoms with E-state index >= 15 is 0 Å². The van der Waals surface area contributed by atoms with E-state index in [9.17, 15) is 4.39 Å². The van der Waals surface area contributed by atoms with Crippen LogP contribution in [0, 0.1) is 5.82 Å². The number of aromatic amines is 1. The molecule has 0 saturated carbocycles. The number of pyridine rings is 1. The number of H-pyrrole nitrogens is 1. The van der Waals surface area contributed by atoms with Gasteiger partial charge in [-0.3, -0.25) is 4.90 Å². The van der Waals surface area contributed by atoms with E-state index in [-0.39, 0.29) is 5.82 Å². The third-order valence-corrected chi connectivity index (χ3v) is 8.04. The molecule has 0 spiro atoms. The van der Waals surface area contributed by atoms with E-state index in [0.29, 0.717) is 11.6 Å². The fourth-order valence-electron chi connectivity index (χ4n) is 5.51. The van der Waals surface area contributed by atoms with Crippen LogP contribution < -0.4 is 0 Å². The molecule has 4 heterocycles. The van der Waals surface area contributed by atoms with Gasteiger partial charge in [-0.2, -0.15) is 0 Å². The molecule has 6 aromatic rings. The molecule has 8 heteroatoms. The van der Waals surface area contributed by atoms with Gasteiger partial charge in [0, 0.05) is 34.3 Å². The molecule has 7 rings (SSSR count). The Bertz CT molecular complexity index is 1810. The number of aromatic nitrogens is 5. The first-order valence-corrected chi connectivity index (χ1v) is 14.2. The highest BCUT2D eigenvalue weighted by atomic mass is 79.9. The third kappa shape index (κ3) is 5.00. The fourth-order valence-corrected chi connectivity index (χ4v) is 5.83. The van der Waals surface area contributed by atoms with Crippen molar-refractivity contribution in [3.63, 3.8) is 0 Å². The number of piperidine rings is 1. The molecule has 0 radical (unpaired) electrons. The van der Waals surface area contributed by atoms with Crippen molar-refractivity contribution in [1.29, 1.82) is 0 Å². The molecule has 1 N–H and O–H groups in total. The second-order valence-corrected chi connectivity index (χ2v) is 11.2. The number of likely N-dealkylation sites (tertiary alicyclic amines) is 1. The highest BCUT2D eigenvalue weighted by molar-refractivity contribution is 9.10. The number of rotatable bonds is 5. The molecule has 1 fully saturated rings. The van der Waals surface area contributed by atoms with Crippen LogP contribution in [0.3, 0.4) is 0 Å². The predicted octanol–water partition coefficient (Wildman–Crippen LogP) is 7.52. The van der Waals surface area contributed by atoms with E-state index in [1.165, 1.54) is 17.7 Å². The number of nitrogens with one attached hydrogen (secondary N) is 1. The number of hydrogen-bond acceptors (Lipinski definition) is 5. The van der Waals surface area contributed by atoms with E-state index in [4.69, 9.17) is 15.0 Å². The summed E-state index contributed by atoms with van der Waals surface area (Å²) in [5.74, 6) is 1.10. The zero-order valence-corrected chi connectivity index (χ0v) is 23.3. The van der Waals surface area contributed by atoms with Crippen LogP contribution in [0.1, 0.15) is 30.1 Å². The Kier molecular flexibility index (Phi) is 6.57. The van der Waals surface area contributed by atoms with Crippen LogP contribution >= 0.6 is 15.9 Å². The zero-order valence-electron chi connectivity index (χ0n) is 21.7. The van der Waals surface area contributed by atoms with Crippen LogP contribution in [-0.2, 0) is 6.54 Å². The molecule has 3 aromatic heterocycles. The van der Waals surface area contributed by atoms with Gasteiger partial charge in [-0.25, -0.2) is 24.3 Å². The highest BCUT2D eigenvalue weighted by Gasteiger charge is 2.23. The number of nitrogens with zero attached hydrogens (tertiary/aromatic N) is 5. The van der Waals surface area contributed by atoms with E-state index < -0.39 is 0 Å². The van der Waals surface area contributed by atoms with Crippen molar-refractivity contribution in [3.8, 4) is 22.5 Å². The molecule has 0 aliphatic carbocycles. The molecule has 0 atom stereocenters. The number of hydrogen-bond donors (Lipinski definition) is 1. The maximum Gasteiger partial charge on any atom is 0.178 e. The normalized spacial score (nSPS) is 14.8. The maximum absolute atomic E-state index is 13.6. The van der Waals surface area contributed by atoms with Gasteiger partial charge in [-0.1, -0.05) is 54.6 Å². The molecule has 1 saturated heterocycles. The Morgan fingerprint density at radius 2 is 1.57 bits per heavy atom. The third-order valence-electron chi connectivity index (χ3n) is 7.61. The average Bonchev–Trinajstić information content (AvgIpc) is 3.41. The molecule has 0 bridgehead atoms. The second kappa shape index (κ2) is 10.5. The van der Waals surface area contributed by atoms with E-state index in [0.717, 1.165) is 81.8 Å². The van der Waals surface area contributed by atoms with Crippen LogP contribution in [-0.4, -0.2) is 42.9 Å². The molecule has 1 aliphatic heterocycles. The molecule has 198 valence electrons.